The summed E-state index contributed by atoms with van der Waals surface area (Å²) in [4.78, 5) is 2.25. The third-order valence-electron chi connectivity index (χ3n) is 7.23. The first-order chi connectivity index (χ1) is 14.3. The van der Waals surface area contributed by atoms with Gasteiger partial charge in [0.25, 0.3) is 0 Å². The number of nitrogens with one attached hydrogen (secondary N) is 2. The summed E-state index contributed by atoms with van der Waals surface area (Å²) in [7, 11) is 4.08. The molecular weight excluding hydrogens is 372 g/mol. The number of ether oxygens (including phenoxy) is 1. The largest absolute Gasteiger partial charge is 0.402 e. The predicted molar refractivity (Wildman–Crippen MR) is 130 cm³/mol. The van der Waals surface area contributed by atoms with Gasteiger partial charge in [-0.2, -0.15) is 0 Å². The average molecular weight is 423 g/mol. The molecule has 1 aliphatic carbocycles. The molecule has 0 bridgehead atoms. The van der Waals surface area contributed by atoms with Gasteiger partial charge in [0, 0.05) is 50.3 Å². The topological polar surface area (TPSA) is 74.4 Å². The molecule has 0 aromatic heterocycles. The molecule has 3 atom stereocenters. The fourth-order valence-corrected chi connectivity index (χ4v) is 4.92. The molecule has 1 aliphatic rings. The number of rotatable bonds is 15. The number of likely N-dealkylation sites (N-methyl/N-ethyl adjacent to an activating group) is 2. The van der Waals surface area contributed by atoms with Gasteiger partial charge >= 0.3 is 0 Å². The number of hydrogen-bond acceptors (Lipinski definition) is 5. The minimum atomic E-state index is 0.271. The third kappa shape index (κ3) is 8.32. The highest BCUT2D eigenvalue weighted by molar-refractivity contribution is 5.77. The quantitative estimate of drug-likeness (QED) is 0.265. The average Bonchev–Trinajstić information content (AvgIpc) is 2.72. The highest BCUT2D eigenvalue weighted by Crippen LogP contribution is 2.50. The van der Waals surface area contributed by atoms with Crippen molar-refractivity contribution in [3.63, 3.8) is 0 Å². The van der Waals surface area contributed by atoms with Crippen molar-refractivity contribution in [1.29, 1.82) is 5.41 Å². The second-order valence-electron chi connectivity index (χ2n) is 9.92. The Morgan fingerprint density at radius 2 is 1.90 bits per heavy atom. The van der Waals surface area contributed by atoms with Crippen LogP contribution in [0.5, 0.6) is 0 Å². The summed E-state index contributed by atoms with van der Waals surface area (Å²) in [6.45, 7) is 13.6. The number of nitrogens with two attached hydrogens (primary N) is 1. The van der Waals surface area contributed by atoms with Crippen LogP contribution in [0.2, 0.25) is 0 Å². The lowest BCUT2D eigenvalue weighted by atomic mass is 9.57. The van der Waals surface area contributed by atoms with Crippen LogP contribution in [0.4, 0.5) is 0 Å². The van der Waals surface area contributed by atoms with Crippen LogP contribution >= 0.6 is 0 Å². The van der Waals surface area contributed by atoms with Crippen LogP contribution in [0.3, 0.4) is 0 Å². The summed E-state index contributed by atoms with van der Waals surface area (Å²) >= 11 is 0. The Morgan fingerprint density at radius 3 is 2.50 bits per heavy atom. The molecule has 0 heterocycles. The zero-order valence-electron chi connectivity index (χ0n) is 20.7. The first-order valence-electron chi connectivity index (χ1n) is 12.2. The molecular formula is C25H50N4O. The van der Waals surface area contributed by atoms with E-state index in [0.717, 1.165) is 63.4 Å². The molecule has 176 valence electrons. The van der Waals surface area contributed by atoms with Crippen molar-refractivity contribution < 1.29 is 4.74 Å². The van der Waals surface area contributed by atoms with Crippen LogP contribution in [0.15, 0.2) is 11.3 Å². The third-order valence-corrected chi connectivity index (χ3v) is 7.23. The van der Waals surface area contributed by atoms with E-state index >= 15 is 0 Å². The maximum absolute atomic E-state index is 8.00. The summed E-state index contributed by atoms with van der Waals surface area (Å²) in [5.41, 5.74) is 8.95. The van der Waals surface area contributed by atoms with Gasteiger partial charge in [0.05, 0.1) is 0 Å². The molecule has 5 heteroatoms. The molecule has 0 aliphatic heterocycles. The minimum absolute atomic E-state index is 0.271. The van der Waals surface area contributed by atoms with Gasteiger partial charge < -0.3 is 26.1 Å². The van der Waals surface area contributed by atoms with E-state index in [1.807, 2.05) is 7.05 Å². The van der Waals surface area contributed by atoms with Crippen molar-refractivity contribution >= 4 is 6.21 Å². The lowest BCUT2D eigenvalue weighted by Gasteiger charge is -2.49. The Morgan fingerprint density at radius 1 is 1.20 bits per heavy atom. The van der Waals surface area contributed by atoms with Gasteiger partial charge in [-0.15, -0.1) is 0 Å². The predicted octanol–water partition coefficient (Wildman–Crippen LogP) is 4.68. The highest BCUT2D eigenvalue weighted by Gasteiger charge is 2.44. The Labute approximate surface area is 186 Å². The molecule has 1 saturated carbocycles. The maximum Gasteiger partial charge on any atom is 0.0499 e. The van der Waals surface area contributed by atoms with Crippen molar-refractivity contribution in [2.75, 3.05) is 46.9 Å². The minimum Gasteiger partial charge on any atom is -0.402 e. The van der Waals surface area contributed by atoms with Gasteiger partial charge in [-0.25, -0.2) is 0 Å². The van der Waals surface area contributed by atoms with Crippen molar-refractivity contribution in [3.8, 4) is 0 Å². The Balaban J connectivity index is 3.01. The van der Waals surface area contributed by atoms with Gasteiger partial charge in [-0.05, 0) is 62.9 Å². The van der Waals surface area contributed by atoms with Crippen LogP contribution in [0, 0.1) is 28.6 Å². The molecule has 1 fully saturated rings. The second-order valence-corrected chi connectivity index (χ2v) is 9.92. The molecule has 5 nitrogen and oxygen atoms in total. The lowest BCUT2D eigenvalue weighted by molar-refractivity contribution is -0.0279. The van der Waals surface area contributed by atoms with Crippen molar-refractivity contribution in [2.45, 2.75) is 72.6 Å². The van der Waals surface area contributed by atoms with E-state index in [1.165, 1.54) is 31.9 Å². The first kappa shape index (κ1) is 27.1. The smallest absolute Gasteiger partial charge is 0.0499 e. The van der Waals surface area contributed by atoms with Crippen molar-refractivity contribution in [3.05, 3.63) is 11.3 Å². The van der Waals surface area contributed by atoms with Crippen LogP contribution in [0.1, 0.15) is 72.6 Å². The normalized spacial score (nSPS) is 24.7. The van der Waals surface area contributed by atoms with E-state index < -0.39 is 0 Å². The summed E-state index contributed by atoms with van der Waals surface area (Å²) in [5.74, 6) is 1.53. The first-order valence-corrected chi connectivity index (χ1v) is 12.2. The molecule has 0 radical (unpaired) electrons. The number of unbranched alkanes of at least 4 members (excludes halogenated alkanes) is 2. The molecule has 0 spiro atoms. The molecule has 0 aromatic carbocycles. The zero-order chi connectivity index (χ0) is 22.6. The molecule has 0 aromatic rings. The highest BCUT2D eigenvalue weighted by atomic mass is 16.5. The van der Waals surface area contributed by atoms with Crippen molar-refractivity contribution in [2.24, 2.45) is 28.9 Å². The second kappa shape index (κ2) is 14.2. The van der Waals surface area contributed by atoms with E-state index in [-0.39, 0.29) is 5.41 Å². The summed E-state index contributed by atoms with van der Waals surface area (Å²) in [6, 6.07) is 0. The van der Waals surface area contributed by atoms with Crippen LogP contribution < -0.4 is 11.1 Å². The standard InChI is InChI=1S/C25H50N4O/c1-7-9-10-11-22-15-20(16-23(25(22,3)4)19-30-14-8-2)24(27)21(17-26)18-29(6)13-12-28-5/h17,20,22-23,26,28H,7-16,18-19,27H2,1-6H3. The van der Waals surface area contributed by atoms with E-state index in [1.54, 1.807) is 0 Å². The van der Waals surface area contributed by atoms with Gasteiger partial charge in [0.1, 0.15) is 0 Å². The molecule has 0 saturated heterocycles. The van der Waals surface area contributed by atoms with Gasteiger partial charge in [-0.3, -0.25) is 0 Å². The zero-order valence-corrected chi connectivity index (χ0v) is 20.7. The number of allylic oxidation sites excluding steroid dienone is 1. The van der Waals surface area contributed by atoms with Crippen LogP contribution in [-0.2, 0) is 4.74 Å². The van der Waals surface area contributed by atoms with Crippen LogP contribution in [0.25, 0.3) is 0 Å². The summed E-state index contributed by atoms with van der Waals surface area (Å²) < 4.78 is 6.04. The fraction of sp³-hybridized carbons (Fsp3) is 0.880. The molecule has 1 rings (SSSR count). The maximum atomic E-state index is 8.00. The number of nitrogens with zero attached hydrogens (tertiary/aromatic N) is 1. The molecule has 3 unspecified atom stereocenters. The van der Waals surface area contributed by atoms with E-state index in [4.69, 9.17) is 15.9 Å². The fourth-order valence-electron chi connectivity index (χ4n) is 4.92. The van der Waals surface area contributed by atoms with Gasteiger partial charge in [0.15, 0.2) is 0 Å². The SMILES string of the molecule is CCCCCC1CC(C(N)=C(C=N)CN(C)CCNC)CC(COCCC)C1(C)C. The number of hydrogen-bond donors (Lipinski definition) is 3. The van der Waals surface area contributed by atoms with Crippen LogP contribution in [-0.4, -0.2) is 58.1 Å². The summed E-state index contributed by atoms with van der Waals surface area (Å²) in [5, 5.41) is 11.2. The van der Waals surface area contributed by atoms with E-state index in [2.05, 4.69) is 45.0 Å². The molecule has 30 heavy (non-hydrogen) atoms. The molecule has 0 amide bonds. The lowest BCUT2D eigenvalue weighted by Crippen LogP contribution is -2.43. The Bertz CT molecular complexity index is 495. The molecule has 4 N–H and O–H groups in total. The summed E-state index contributed by atoms with van der Waals surface area (Å²) in [6.07, 6.45) is 9.91. The van der Waals surface area contributed by atoms with Gasteiger partial charge in [0.2, 0.25) is 0 Å². The van der Waals surface area contributed by atoms with E-state index in [9.17, 15) is 0 Å². The monoisotopic (exact) mass is 422 g/mol. The van der Waals surface area contributed by atoms with Crippen molar-refractivity contribution in [1.82, 2.24) is 10.2 Å². The Hall–Kier alpha value is -0.910. The van der Waals surface area contributed by atoms with E-state index in [0.29, 0.717) is 17.8 Å². The van der Waals surface area contributed by atoms with Gasteiger partial charge in [-0.1, -0.05) is 47.0 Å². The Kier molecular flexibility index (Phi) is 12.8.